The normalized spacial score (nSPS) is 26.8. The molecule has 0 radical (unpaired) electrons. The summed E-state index contributed by atoms with van der Waals surface area (Å²) >= 11 is 6.35. The molecule has 0 spiro atoms. The summed E-state index contributed by atoms with van der Waals surface area (Å²) in [5.74, 6) is -0.180. The Morgan fingerprint density at radius 1 is 1.07 bits per heavy atom. The van der Waals surface area contributed by atoms with E-state index in [-0.39, 0.29) is 5.75 Å². The van der Waals surface area contributed by atoms with E-state index in [1.165, 1.54) is 13.2 Å². The number of hydrogen-bond donors (Lipinski definition) is 4. The largest absolute Gasteiger partial charge is 0.465 e. The summed E-state index contributed by atoms with van der Waals surface area (Å²) in [4.78, 5) is 11.5. The Balaban J connectivity index is 1.76. The van der Waals surface area contributed by atoms with Crippen molar-refractivity contribution in [2.75, 3.05) is 13.7 Å². The van der Waals surface area contributed by atoms with Crippen LogP contribution in [0.4, 0.5) is 0 Å². The zero-order valence-corrected chi connectivity index (χ0v) is 16.2. The van der Waals surface area contributed by atoms with Crippen LogP contribution in [0.2, 0.25) is 5.02 Å². The van der Waals surface area contributed by atoms with Crippen LogP contribution in [0.15, 0.2) is 42.5 Å². The zero-order chi connectivity index (χ0) is 21.1. The van der Waals surface area contributed by atoms with Crippen molar-refractivity contribution in [3.63, 3.8) is 0 Å². The van der Waals surface area contributed by atoms with Crippen LogP contribution in [0.25, 0.3) is 11.1 Å². The van der Waals surface area contributed by atoms with Crippen molar-refractivity contribution in [3.05, 3.63) is 53.1 Å². The highest BCUT2D eigenvalue weighted by Crippen LogP contribution is 2.33. The smallest absolute Gasteiger partial charge is 0.337 e. The first-order chi connectivity index (χ1) is 13.8. The first-order valence-electron chi connectivity index (χ1n) is 8.81. The molecule has 1 aliphatic heterocycles. The summed E-state index contributed by atoms with van der Waals surface area (Å²) < 4.78 is 15.5. The average molecular weight is 425 g/mol. The van der Waals surface area contributed by atoms with Gasteiger partial charge in [-0.05, 0) is 35.9 Å². The van der Waals surface area contributed by atoms with Gasteiger partial charge in [0.25, 0.3) is 0 Å². The van der Waals surface area contributed by atoms with Gasteiger partial charge in [-0.25, -0.2) is 4.79 Å². The summed E-state index contributed by atoms with van der Waals surface area (Å²) in [5.41, 5.74) is 1.86. The monoisotopic (exact) mass is 424 g/mol. The van der Waals surface area contributed by atoms with E-state index in [1.54, 1.807) is 36.4 Å². The molecule has 0 unspecified atom stereocenters. The third kappa shape index (κ3) is 4.53. The second-order valence-corrected chi connectivity index (χ2v) is 6.93. The van der Waals surface area contributed by atoms with E-state index in [0.717, 1.165) is 5.56 Å². The number of benzene rings is 2. The SMILES string of the molecule is COC(=O)c1ccc(-c2ccc(O[C@@H]3O[C@H](CO)[C@@H](O)[C@H](O)[C@@H]3O)cc2Cl)cc1. The number of aliphatic hydroxyl groups is 4. The number of carbonyl (C=O) groups is 1. The molecule has 0 amide bonds. The van der Waals surface area contributed by atoms with Crippen LogP contribution in [-0.4, -0.2) is 70.8 Å². The molecule has 4 N–H and O–H groups in total. The quantitative estimate of drug-likeness (QED) is 0.523. The van der Waals surface area contributed by atoms with Gasteiger partial charge >= 0.3 is 5.97 Å². The highest BCUT2D eigenvalue weighted by atomic mass is 35.5. The number of carbonyl (C=O) groups excluding carboxylic acids is 1. The van der Waals surface area contributed by atoms with Gasteiger partial charge in [-0.15, -0.1) is 0 Å². The zero-order valence-electron chi connectivity index (χ0n) is 15.4. The van der Waals surface area contributed by atoms with Gasteiger partial charge in [-0.3, -0.25) is 0 Å². The van der Waals surface area contributed by atoms with Crippen LogP contribution in [-0.2, 0) is 9.47 Å². The summed E-state index contributed by atoms with van der Waals surface area (Å²) in [6.07, 6.45) is -6.88. The van der Waals surface area contributed by atoms with Gasteiger partial charge in [0, 0.05) is 5.56 Å². The molecular formula is C20H21ClO8. The van der Waals surface area contributed by atoms with Crippen molar-refractivity contribution in [1.29, 1.82) is 0 Å². The number of hydrogen-bond acceptors (Lipinski definition) is 8. The number of aliphatic hydroxyl groups excluding tert-OH is 4. The highest BCUT2D eigenvalue weighted by Gasteiger charge is 2.44. The third-order valence-electron chi connectivity index (χ3n) is 4.66. The minimum absolute atomic E-state index is 0.259. The van der Waals surface area contributed by atoms with Crippen molar-refractivity contribution in [3.8, 4) is 16.9 Å². The topological polar surface area (TPSA) is 126 Å². The molecule has 5 atom stereocenters. The summed E-state index contributed by atoms with van der Waals surface area (Å²) in [6, 6.07) is 11.5. The molecule has 0 bridgehead atoms. The lowest BCUT2D eigenvalue weighted by atomic mass is 9.99. The molecular weight excluding hydrogens is 404 g/mol. The van der Waals surface area contributed by atoms with Crippen LogP contribution >= 0.6 is 11.6 Å². The Labute approximate surface area is 171 Å². The van der Waals surface area contributed by atoms with E-state index < -0.39 is 43.3 Å². The molecule has 1 heterocycles. The maximum absolute atomic E-state index is 11.5. The molecule has 0 aliphatic carbocycles. The van der Waals surface area contributed by atoms with Gasteiger partial charge in [-0.1, -0.05) is 23.7 Å². The van der Waals surface area contributed by atoms with Gasteiger partial charge in [0.15, 0.2) is 0 Å². The Kier molecular flexibility index (Phi) is 6.74. The van der Waals surface area contributed by atoms with Crippen molar-refractivity contribution in [2.24, 2.45) is 0 Å². The number of halogens is 1. The standard InChI is InChI=1S/C20H21ClO8/c1-27-19(26)11-4-2-10(3-5-11)13-7-6-12(8-14(13)21)28-20-18(25)17(24)16(23)15(9-22)29-20/h2-8,15-18,20,22-25H,9H2,1H3/t15-,16-,17+,18+,20-/m1/s1. The Morgan fingerprint density at radius 3 is 2.34 bits per heavy atom. The molecule has 0 saturated carbocycles. The van der Waals surface area contributed by atoms with Gasteiger partial charge in [0.05, 0.1) is 24.3 Å². The number of rotatable bonds is 5. The van der Waals surface area contributed by atoms with Crippen LogP contribution in [0, 0.1) is 0 Å². The maximum Gasteiger partial charge on any atom is 0.337 e. The fraction of sp³-hybridized carbons (Fsp3) is 0.350. The molecule has 156 valence electrons. The predicted molar refractivity (Wildman–Crippen MR) is 103 cm³/mol. The molecule has 2 aromatic rings. The fourth-order valence-electron chi connectivity index (χ4n) is 3.01. The Hall–Kier alpha value is -2.20. The van der Waals surface area contributed by atoms with Crippen molar-refractivity contribution >= 4 is 17.6 Å². The number of esters is 1. The number of ether oxygens (including phenoxy) is 3. The van der Waals surface area contributed by atoms with E-state index in [4.69, 9.17) is 21.1 Å². The minimum atomic E-state index is -1.53. The van der Waals surface area contributed by atoms with E-state index >= 15 is 0 Å². The fourth-order valence-corrected chi connectivity index (χ4v) is 3.29. The van der Waals surface area contributed by atoms with Crippen molar-refractivity contribution in [1.82, 2.24) is 0 Å². The molecule has 29 heavy (non-hydrogen) atoms. The summed E-state index contributed by atoms with van der Waals surface area (Å²) in [5, 5.41) is 39.3. The van der Waals surface area contributed by atoms with Gasteiger partial charge in [0.2, 0.25) is 6.29 Å². The van der Waals surface area contributed by atoms with Crippen LogP contribution in [0.5, 0.6) is 5.75 Å². The van der Waals surface area contributed by atoms with E-state index in [9.17, 15) is 25.2 Å². The van der Waals surface area contributed by atoms with Crippen LogP contribution in [0.1, 0.15) is 10.4 Å². The Bertz CT molecular complexity index is 854. The molecule has 3 rings (SSSR count). The lowest BCUT2D eigenvalue weighted by Crippen LogP contribution is -2.60. The van der Waals surface area contributed by atoms with Crippen LogP contribution < -0.4 is 4.74 Å². The molecule has 8 nitrogen and oxygen atoms in total. The molecule has 1 saturated heterocycles. The molecule has 9 heteroatoms. The van der Waals surface area contributed by atoms with Crippen LogP contribution in [0.3, 0.4) is 0 Å². The predicted octanol–water partition coefficient (Wildman–Crippen LogP) is 0.972. The maximum atomic E-state index is 11.5. The number of methoxy groups -OCH3 is 1. The van der Waals surface area contributed by atoms with Gasteiger partial charge in [0.1, 0.15) is 30.2 Å². The van der Waals surface area contributed by atoms with E-state index in [1.807, 2.05) is 0 Å². The first-order valence-corrected chi connectivity index (χ1v) is 9.19. The van der Waals surface area contributed by atoms with Crippen molar-refractivity contribution in [2.45, 2.75) is 30.7 Å². The Morgan fingerprint density at radius 2 is 1.76 bits per heavy atom. The summed E-state index contributed by atoms with van der Waals surface area (Å²) in [6.45, 7) is -0.550. The van der Waals surface area contributed by atoms with Gasteiger partial charge in [-0.2, -0.15) is 0 Å². The van der Waals surface area contributed by atoms with Crippen molar-refractivity contribution < 1.29 is 39.4 Å². The van der Waals surface area contributed by atoms with E-state index in [0.29, 0.717) is 16.1 Å². The molecule has 1 aliphatic rings. The second-order valence-electron chi connectivity index (χ2n) is 6.53. The van der Waals surface area contributed by atoms with Gasteiger partial charge < -0.3 is 34.6 Å². The third-order valence-corrected chi connectivity index (χ3v) is 4.97. The lowest BCUT2D eigenvalue weighted by Gasteiger charge is -2.39. The molecule has 2 aromatic carbocycles. The average Bonchev–Trinajstić information content (AvgIpc) is 2.74. The highest BCUT2D eigenvalue weighted by molar-refractivity contribution is 6.33. The van der Waals surface area contributed by atoms with E-state index in [2.05, 4.69) is 4.74 Å². The minimum Gasteiger partial charge on any atom is -0.465 e. The lowest BCUT2D eigenvalue weighted by molar-refractivity contribution is -0.277. The first kappa shape index (κ1) is 21.5. The molecule has 0 aromatic heterocycles. The second kappa shape index (κ2) is 9.08. The molecule has 1 fully saturated rings. The summed E-state index contributed by atoms with van der Waals surface area (Å²) in [7, 11) is 1.31.